The summed E-state index contributed by atoms with van der Waals surface area (Å²) in [6.45, 7) is 3.56. The molecule has 1 rings (SSSR count). The zero-order valence-electron chi connectivity index (χ0n) is 7.13. The second-order valence-corrected chi connectivity index (χ2v) is 3.71. The molecule has 1 aromatic rings. The molecule has 0 saturated heterocycles. The molecule has 2 N–H and O–H groups in total. The van der Waals surface area contributed by atoms with Gasteiger partial charge in [-0.15, -0.1) is 6.58 Å². The smallest absolute Gasteiger partial charge is 0.129 e. The van der Waals surface area contributed by atoms with Crippen LogP contribution in [0.4, 0.5) is 4.39 Å². The largest absolute Gasteiger partial charge is 0.324 e. The summed E-state index contributed by atoms with van der Waals surface area (Å²) in [4.78, 5) is 0. The van der Waals surface area contributed by atoms with Crippen LogP contribution < -0.4 is 5.73 Å². The third kappa shape index (κ3) is 2.64. The van der Waals surface area contributed by atoms with Crippen LogP contribution in [-0.4, -0.2) is 0 Å². The van der Waals surface area contributed by atoms with Gasteiger partial charge in [-0.2, -0.15) is 0 Å². The molecule has 70 valence electrons. The van der Waals surface area contributed by atoms with Crippen molar-refractivity contribution in [3.05, 3.63) is 46.7 Å². The molecule has 0 spiro atoms. The third-order valence-corrected chi connectivity index (χ3v) is 2.28. The lowest BCUT2D eigenvalue weighted by Gasteiger charge is -2.10. The van der Waals surface area contributed by atoms with Crippen LogP contribution in [0.5, 0.6) is 0 Å². The fourth-order valence-electron chi connectivity index (χ4n) is 1.11. The minimum absolute atomic E-state index is 0.274. The van der Waals surface area contributed by atoms with Gasteiger partial charge in [-0.1, -0.05) is 28.1 Å². The molecule has 3 heteroatoms. The minimum Gasteiger partial charge on any atom is -0.324 e. The van der Waals surface area contributed by atoms with Crippen LogP contribution in [0.2, 0.25) is 0 Å². The van der Waals surface area contributed by atoms with E-state index >= 15 is 0 Å². The normalized spacial score (nSPS) is 12.5. The monoisotopic (exact) mass is 243 g/mol. The van der Waals surface area contributed by atoms with Crippen molar-refractivity contribution in [1.29, 1.82) is 0 Å². The molecular weight excluding hydrogens is 233 g/mol. The lowest BCUT2D eigenvalue weighted by molar-refractivity contribution is 0.583. The summed E-state index contributed by atoms with van der Waals surface area (Å²) in [7, 11) is 0. The first kappa shape index (κ1) is 10.4. The SMILES string of the molecule is C=CC[C@@H](N)c1ccc(Br)cc1F. The molecule has 1 atom stereocenters. The van der Waals surface area contributed by atoms with Crippen molar-refractivity contribution in [3.63, 3.8) is 0 Å². The van der Waals surface area contributed by atoms with E-state index in [2.05, 4.69) is 22.5 Å². The lowest BCUT2D eigenvalue weighted by atomic mass is 10.0. The number of rotatable bonds is 3. The van der Waals surface area contributed by atoms with E-state index in [1.54, 1.807) is 18.2 Å². The van der Waals surface area contributed by atoms with Crippen molar-refractivity contribution in [2.75, 3.05) is 0 Å². The van der Waals surface area contributed by atoms with E-state index in [1.165, 1.54) is 6.07 Å². The molecule has 0 bridgehead atoms. The molecule has 1 nitrogen and oxygen atoms in total. The van der Waals surface area contributed by atoms with E-state index in [1.807, 2.05) is 0 Å². The Balaban J connectivity index is 2.94. The van der Waals surface area contributed by atoms with Crippen LogP contribution in [0.3, 0.4) is 0 Å². The number of benzene rings is 1. The maximum absolute atomic E-state index is 13.3. The average molecular weight is 244 g/mol. The highest BCUT2D eigenvalue weighted by molar-refractivity contribution is 9.10. The maximum Gasteiger partial charge on any atom is 0.129 e. The summed E-state index contributed by atoms with van der Waals surface area (Å²) in [5.74, 6) is -0.274. The second kappa shape index (κ2) is 4.53. The molecule has 13 heavy (non-hydrogen) atoms. The Hall–Kier alpha value is -0.670. The van der Waals surface area contributed by atoms with Crippen molar-refractivity contribution in [1.82, 2.24) is 0 Å². The second-order valence-electron chi connectivity index (χ2n) is 2.80. The molecule has 0 aliphatic heterocycles. The molecule has 0 aromatic heterocycles. The molecule has 0 aliphatic rings. The third-order valence-electron chi connectivity index (χ3n) is 1.78. The molecule has 0 fully saturated rings. The molecule has 0 unspecified atom stereocenters. The van der Waals surface area contributed by atoms with Gasteiger partial charge >= 0.3 is 0 Å². The van der Waals surface area contributed by atoms with E-state index in [0.29, 0.717) is 12.0 Å². The average Bonchev–Trinajstić information content (AvgIpc) is 2.04. The Morgan fingerprint density at radius 1 is 1.62 bits per heavy atom. The lowest BCUT2D eigenvalue weighted by Crippen LogP contribution is -2.10. The first-order chi connectivity index (χ1) is 6.15. The summed E-state index contributed by atoms with van der Waals surface area (Å²) >= 11 is 3.18. The quantitative estimate of drug-likeness (QED) is 0.812. The molecule has 0 radical (unpaired) electrons. The van der Waals surface area contributed by atoms with Crippen molar-refractivity contribution in [3.8, 4) is 0 Å². The summed E-state index contributed by atoms with van der Waals surface area (Å²) in [6.07, 6.45) is 2.27. The minimum atomic E-state index is -0.300. The van der Waals surface area contributed by atoms with Crippen LogP contribution in [-0.2, 0) is 0 Å². The highest BCUT2D eigenvalue weighted by Crippen LogP contribution is 2.21. The summed E-state index contributed by atoms with van der Waals surface area (Å²) in [6, 6.07) is 4.58. The number of hydrogen-bond donors (Lipinski definition) is 1. The Labute approximate surface area is 85.6 Å². The van der Waals surface area contributed by atoms with Gasteiger partial charge in [0, 0.05) is 16.1 Å². The first-order valence-electron chi connectivity index (χ1n) is 3.96. The van der Waals surface area contributed by atoms with Crippen LogP contribution in [0, 0.1) is 5.82 Å². The Bertz CT molecular complexity index is 312. The van der Waals surface area contributed by atoms with Gasteiger partial charge in [-0.05, 0) is 18.6 Å². The summed E-state index contributed by atoms with van der Waals surface area (Å²) in [5, 5.41) is 0. The van der Waals surface area contributed by atoms with Gasteiger partial charge in [0.05, 0.1) is 0 Å². The highest BCUT2D eigenvalue weighted by atomic mass is 79.9. The van der Waals surface area contributed by atoms with Gasteiger partial charge in [0.2, 0.25) is 0 Å². The standard InChI is InChI=1S/C10H11BrFN/c1-2-3-10(13)8-5-4-7(11)6-9(8)12/h2,4-6,10H,1,3,13H2/t10-/m1/s1. The molecular formula is C10H11BrFN. The van der Waals surface area contributed by atoms with Crippen molar-refractivity contribution >= 4 is 15.9 Å². The predicted octanol–water partition coefficient (Wildman–Crippen LogP) is 3.16. The van der Waals surface area contributed by atoms with E-state index in [0.717, 1.165) is 4.47 Å². The number of hydrogen-bond acceptors (Lipinski definition) is 1. The van der Waals surface area contributed by atoms with Crippen LogP contribution in [0.25, 0.3) is 0 Å². The fourth-order valence-corrected chi connectivity index (χ4v) is 1.44. The van der Waals surface area contributed by atoms with Crippen LogP contribution >= 0.6 is 15.9 Å². The number of nitrogens with two attached hydrogens (primary N) is 1. The van der Waals surface area contributed by atoms with Crippen molar-refractivity contribution in [2.45, 2.75) is 12.5 Å². The highest BCUT2D eigenvalue weighted by Gasteiger charge is 2.09. The van der Waals surface area contributed by atoms with E-state index < -0.39 is 0 Å². The van der Waals surface area contributed by atoms with Crippen LogP contribution in [0.1, 0.15) is 18.0 Å². The van der Waals surface area contributed by atoms with E-state index in [9.17, 15) is 4.39 Å². The topological polar surface area (TPSA) is 26.0 Å². The Morgan fingerprint density at radius 2 is 2.31 bits per heavy atom. The molecule has 0 heterocycles. The zero-order valence-corrected chi connectivity index (χ0v) is 8.72. The Kier molecular flexibility index (Phi) is 3.63. The summed E-state index contributed by atoms with van der Waals surface area (Å²) < 4.78 is 14.0. The van der Waals surface area contributed by atoms with Crippen LogP contribution in [0.15, 0.2) is 35.3 Å². The van der Waals surface area contributed by atoms with Gasteiger partial charge in [-0.25, -0.2) is 4.39 Å². The zero-order chi connectivity index (χ0) is 9.84. The van der Waals surface area contributed by atoms with Crippen molar-refractivity contribution in [2.24, 2.45) is 5.73 Å². The molecule has 0 aliphatic carbocycles. The van der Waals surface area contributed by atoms with Gasteiger partial charge < -0.3 is 5.73 Å². The number of halogens is 2. The Morgan fingerprint density at radius 3 is 2.85 bits per heavy atom. The molecule has 0 saturated carbocycles. The maximum atomic E-state index is 13.3. The first-order valence-corrected chi connectivity index (χ1v) is 4.76. The summed E-state index contributed by atoms with van der Waals surface area (Å²) in [5.41, 5.74) is 6.26. The van der Waals surface area contributed by atoms with E-state index in [-0.39, 0.29) is 11.9 Å². The van der Waals surface area contributed by atoms with Crippen molar-refractivity contribution < 1.29 is 4.39 Å². The molecule has 1 aromatic carbocycles. The predicted molar refractivity (Wildman–Crippen MR) is 55.8 cm³/mol. The van der Waals surface area contributed by atoms with Gasteiger partial charge in [0.25, 0.3) is 0 Å². The van der Waals surface area contributed by atoms with Gasteiger partial charge in [0.15, 0.2) is 0 Å². The van der Waals surface area contributed by atoms with E-state index in [4.69, 9.17) is 5.73 Å². The van der Waals surface area contributed by atoms with Gasteiger partial charge in [-0.3, -0.25) is 0 Å². The molecule has 0 amide bonds. The fraction of sp³-hybridized carbons (Fsp3) is 0.200. The van der Waals surface area contributed by atoms with Gasteiger partial charge in [0.1, 0.15) is 5.82 Å².